The fourth-order valence-corrected chi connectivity index (χ4v) is 3.76. The Kier molecular flexibility index (Phi) is 6.86. The van der Waals surface area contributed by atoms with E-state index in [1.165, 1.54) is 25.3 Å². The first-order valence-electron chi connectivity index (χ1n) is 8.41. The van der Waals surface area contributed by atoms with Gasteiger partial charge in [0, 0.05) is 12.6 Å². The molecule has 27 heavy (non-hydrogen) atoms. The molecule has 0 aliphatic carbocycles. The molecule has 1 aromatic heterocycles. The maximum Gasteiger partial charge on any atom is 0.338 e. The van der Waals surface area contributed by atoms with Gasteiger partial charge in [-0.25, -0.2) is 22.6 Å². The van der Waals surface area contributed by atoms with E-state index in [0.29, 0.717) is 12.4 Å². The lowest BCUT2D eigenvalue weighted by atomic mass is 10.2. The Labute approximate surface area is 157 Å². The van der Waals surface area contributed by atoms with Gasteiger partial charge in [-0.2, -0.15) is 0 Å². The van der Waals surface area contributed by atoms with Crippen LogP contribution in [0.4, 0.5) is 0 Å². The average molecular weight is 397 g/mol. The summed E-state index contributed by atoms with van der Waals surface area (Å²) >= 11 is 0. The number of aryl methyl sites for hydroxylation is 1. The van der Waals surface area contributed by atoms with E-state index in [0.717, 1.165) is 6.42 Å². The second-order valence-electron chi connectivity index (χ2n) is 6.04. The van der Waals surface area contributed by atoms with Gasteiger partial charge in [0.15, 0.2) is 12.4 Å². The summed E-state index contributed by atoms with van der Waals surface area (Å²) in [5, 5.41) is 11.2. The smallest absolute Gasteiger partial charge is 0.338 e. The van der Waals surface area contributed by atoms with Gasteiger partial charge in [-0.3, -0.25) is 0 Å². The minimum absolute atomic E-state index is 0.0782. The predicted molar refractivity (Wildman–Crippen MR) is 95.7 cm³/mol. The van der Waals surface area contributed by atoms with Crippen LogP contribution in [0.25, 0.3) is 0 Å². The number of nitrogens with zero attached hydrogens (tertiary/aromatic N) is 4. The molecule has 1 aromatic carbocycles. The molecule has 1 heterocycles. The number of hydrogen-bond donors (Lipinski definition) is 1. The molecule has 0 aliphatic heterocycles. The van der Waals surface area contributed by atoms with Crippen LogP contribution in [0.1, 0.15) is 43.4 Å². The molecule has 10 nitrogen and oxygen atoms in total. The van der Waals surface area contributed by atoms with Crippen molar-refractivity contribution in [2.75, 3.05) is 7.11 Å². The number of esters is 1. The van der Waals surface area contributed by atoms with Crippen molar-refractivity contribution in [1.82, 2.24) is 24.9 Å². The highest BCUT2D eigenvalue weighted by molar-refractivity contribution is 7.89. The second kappa shape index (κ2) is 8.91. The number of nitrogens with one attached hydrogen (secondary N) is 1. The first kappa shape index (κ1) is 20.8. The van der Waals surface area contributed by atoms with Crippen LogP contribution in [-0.4, -0.2) is 47.7 Å². The van der Waals surface area contributed by atoms with Crippen LogP contribution in [0, 0.1) is 0 Å². The van der Waals surface area contributed by atoms with Gasteiger partial charge in [-0.15, -0.1) is 5.10 Å². The predicted octanol–water partition coefficient (Wildman–Crippen LogP) is 1.14. The highest BCUT2D eigenvalue weighted by atomic mass is 32.2. The minimum atomic E-state index is -3.85. The summed E-state index contributed by atoms with van der Waals surface area (Å²) in [6.07, 6.45) is 0.828. The highest BCUT2D eigenvalue weighted by Gasteiger charge is 2.23. The van der Waals surface area contributed by atoms with E-state index in [9.17, 15) is 13.2 Å². The molecule has 0 saturated carbocycles. The molecule has 0 aliphatic rings. The lowest BCUT2D eigenvalue weighted by Crippen LogP contribution is -2.30. The monoisotopic (exact) mass is 397 g/mol. The third-order valence-corrected chi connectivity index (χ3v) is 5.13. The summed E-state index contributed by atoms with van der Waals surface area (Å²) in [5.74, 6) is -0.149. The molecule has 2 aromatic rings. The van der Waals surface area contributed by atoms with E-state index < -0.39 is 16.0 Å². The maximum absolute atomic E-state index is 12.5. The van der Waals surface area contributed by atoms with Crippen LogP contribution in [-0.2, 0) is 27.9 Å². The molecule has 0 unspecified atom stereocenters. The largest absolute Gasteiger partial charge is 0.495 e. The minimum Gasteiger partial charge on any atom is -0.495 e. The molecule has 0 spiro atoms. The van der Waals surface area contributed by atoms with Gasteiger partial charge in [0.1, 0.15) is 10.6 Å². The van der Waals surface area contributed by atoms with E-state index in [4.69, 9.17) is 9.47 Å². The summed E-state index contributed by atoms with van der Waals surface area (Å²) < 4.78 is 39.3. The summed E-state index contributed by atoms with van der Waals surface area (Å²) in [7, 11) is -2.49. The van der Waals surface area contributed by atoms with Gasteiger partial charge in [-0.1, -0.05) is 6.92 Å². The number of hydrogen-bond acceptors (Lipinski definition) is 8. The summed E-state index contributed by atoms with van der Waals surface area (Å²) in [6.45, 7) is 5.85. The van der Waals surface area contributed by atoms with Gasteiger partial charge in [0.25, 0.3) is 0 Å². The van der Waals surface area contributed by atoms with Crippen LogP contribution in [0.15, 0.2) is 23.1 Å². The normalized spacial score (nSPS) is 11.6. The first-order valence-corrected chi connectivity index (χ1v) is 9.89. The van der Waals surface area contributed by atoms with E-state index in [2.05, 4.69) is 20.2 Å². The number of sulfonamides is 1. The maximum atomic E-state index is 12.5. The Balaban J connectivity index is 2.21. The van der Waals surface area contributed by atoms with E-state index in [1.807, 2.05) is 6.92 Å². The lowest BCUT2D eigenvalue weighted by molar-refractivity contribution is 0.0456. The van der Waals surface area contributed by atoms with Crippen molar-refractivity contribution in [1.29, 1.82) is 0 Å². The van der Waals surface area contributed by atoms with Gasteiger partial charge in [0.2, 0.25) is 10.0 Å². The molecular weight excluding hydrogens is 374 g/mol. The van der Waals surface area contributed by atoms with Gasteiger partial charge < -0.3 is 9.47 Å². The summed E-state index contributed by atoms with van der Waals surface area (Å²) in [5.41, 5.74) is 0.0782. The molecule has 0 bridgehead atoms. The van der Waals surface area contributed by atoms with Crippen molar-refractivity contribution in [2.45, 2.75) is 51.3 Å². The molecule has 1 N–H and O–H groups in total. The second-order valence-corrected chi connectivity index (χ2v) is 7.72. The zero-order valence-electron chi connectivity index (χ0n) is 15.7. The quantitative estimate of drug-likeness (QED) is 0.624. The topological polar surface area (TPSA) is 125 Å². The van der Waals surface area contributed by atoms with Crippen molar-refractivity contribution in [3.63, 3.8) is 0 Å². The van der Waals surface area contributed by atoms with Crippen molar-refractivity contribution in [3.8, 4) is 5.75 Å². The molecule has 2 rings (SSSR count). The molecule has 0 amide bonds. The molecule has 0 radical (unpaired) electrons. The van der Waals surface area contributed by atoms with E-state index >= 15 is 0 Å². The van der Waals surface area contributed by atoms with Crippen LogP contribution >= 0.6 is 0 Å². The van der Waals surface area contributed by atoms with Crippen LogP contribution < -0.4 is 9.46 Å². The number of tetrazole rings is 1. The molecule has 0 saturated heterocycles. The molecule has 148 valence electrons. The zero-order chi connectivity index (χ0) is 20.0. The first-order chi connectivity index (χ1) is 12.8. The standard InChI is InChI=1S/C16H23N5O5S/c1-5-8-21-15(17-19-20-21)10-26-16(22)12-6-7-13(25-4)14(9-12)27(23,24)18-11(2)3/h6-7,9,11,18H,5,8,10H2,1-4H3. The molecular formula is C16H23N5O5S. The Bertz CT molecular complexity index is 894. The van der Waals surface area contributed by atoms with Crippen LogP contribution in [0.2, 0.25) is 0 Å². The number of carbonyl (C=O) groups is 1. The van der Waals surface area contributed by atoms with Crippen LogP contribution in [0.3, 0.4) is 0 Å². The Morgan fingerprint density at radius 1 is 1.33 bits per heavy atom. The van der Waals surface area contributed by atoms with Gasteiger partial charge in [-0.05, 0) is 48.9 Å². The van der Waals surface area contributed by atoms with Crippen LogP contribution in [0.5, 0.6) is 5.75 Å². The molecule has 0 fully saturated rings. The highest BCUT2D eigenvalue weighted by Crippen LogP contribution is 2.25. The van der Waals surface area contributed by atoms with Gasteiger partial charge in [0.05, 0.1) is 12.7 Å². The number of aromatic nitrogens is 4. The van der Waals surface area contributed by atoms with E-state index in [-0.39, 0.29) is 28.9 Å². The SMILES string of the molecule is CCCn1nnnc1COC(=O)c1ccc(OC)c(S(=O)(=O)NC(C)C)c1. The van der Waals surface area contributed by atoms with Crippen molar-refractivity contribution in [3.05, 3.63) is 29.6 Å². The zero-order valence-corrected chi connectivity index (χ0v) is 16.5. The van der Waals surface area contributed by atoms with Gasteiger partial charge >= 0.3 is 5.97 Å². The van der Waals surface area contributed by atoms with Crippen molar-refractivity contribution in [2.24, 2.45) is 0 Å². The third-order valence-electron chi connectivity index (χ3n) is 3.45. The molecule has 0 atom stereocenters. The molecule has 11 heteroatoms. The average Bonchev–Trinajstić information content (AvgIpc) is 3.05. The fraction of sp³-hybridized carbons (Fsp3) is 0.500. The summed E-state index contributed by atoms with van der Waals surface area (Å²) in [6, 6.07) is 3.76. The number of rotatable bonds is 9. The van der Waals surface area contributed by atoms with E-state index in [1.54, 1.807) is 18.5 Å². The number of ether oxygens (including phenoxy) is 2. The lowest BCUT2D eigenvalue weighted by Gasteiger charge is -2.14. The third kappa shape index (κ3) is 5.23. The number of benzene rings is 1. The Morgan fingerprint density at radius 2 is 2.07 bits per heavy atom. The summed E-state index contributed by atoms with van der Waals surface area (Å²) in [4.78, 5) is 12.2. The number of carbonyl (C=O) groups excluding carboxylic acids is 1. The fourth-order valence-electron chi connectivity index (χ4n) is 2.31. The van der Waals surface area contributed by atoms with Crippen molar-refractivity contribution >= 4 is 16.0 Å². The number of methoxy groups -OCH3 is 1. The Hall–Kier alpha value is -2.53. The van der Waals surface area contributed by atoms with Crippen molar-refractivity contribution < 1.29 is 22.7 Å². The Morgan fingerprint density at radius 3 is 2.70 bits per heavy atom.